The molecule has 3 heteroatoms. The van der Waals surface area contributed by atoms with Crippen molar-refractivity contribution in [3.8, 4) is 0 Å². The van der Waals surface area contributed by atoms with Crippen LogP contribution >= 0.6 is 0 Å². The summed E-state index contributed by atoms with van der Waals surface area (Å²) in [5.41, 5.74) is 0. The summed E-state index contributed by atoms with van der Waals surface area (Å²) in [6, 6.07) is 1.74. The first-order chi connectivity index (χ1) is 6.65. The van der Waals surface area contributed by atoms with Crippen molar-refractivity contribution in [1.82, 2.24) is 4.90 Å². The van der Waals surface area contributed by atoms with Gasteiger partial charge in [-0.1, -0.05) is 19.6 Å². The van der Waals surface area contributed by atoms with Crippen molar-refractivity contribution in [2.24, 2.45) is 0 Å². The highest BCUT2D eigenvalue weighted by atomic mass is 28.3. The van der Waals surface area contributed by atoms with Crippen molar-refractivity contribution in [1.29, 1.82) is 0 Å². The zero-order chi connectivity index (χ0) is 12.2. The largest absolute Gasteiger partial charge is 0.338 e. The second kappa shape index (κ2) is 5.68. The fourth-order valence-corrected chi connectivity index (χ4v) is 2.75. The summed E-state index contributed by atoms with van der Waals surface area (Å²) in [5.74, 6) is 0.322. The zero-order valence-corrected chi connectivity index (χ0v) is 12.4. The normalized spacial score (nSPS) is 12.3. The predicted molar refractivity (Wildman–Crippen MR) is 69.9 cm³/mol. The van der Waals surface area contributed by atoms with Gasteiger partial charge in [0.25, 0.3) is 0 Å². The number of nitrogens with zero attached hydrogens (tertiary/aromatic N) is 1. The summed E-state index contributed by atoms with van der Waals surface area (Å²) in [6.45, 7) is 15.3. The van der Waals surface area contributed by atoms with Crippen LogP contribution in [0.25, 0.3) is 0 Å². The van der Waals surface area contributed by atoms with E-state index in [0.29, 0.717) is 18.0 Å². The third-order valence-electron chi connectivity index (χ3n) is 2.49. The molecule has 0 fully saturated rings. The molecule has 0 aliphatic carbocycles. The van der Waals surface area contributed by atoms with E-state index < -0.39 is 8.07 Å². The molecule has 0 bridgehead atoms. The molecule has 0 spiro atoms. The molecular formula is C12H27NOSi. The Morgan fingerprint density at radius 2 is 1.47 bits per heavy atom. The average Bonchev–Trinajstić information content (AvgIpc) is 1.97. The Hall–Kier alpha value is -0.313. The Bertz CT molecular complexity index is 198. The molecule has 90 valence electrons. The van der Waals surface area contributed by atoms with Crippen LogP contribution in [0.15, 0.2) is 0 Å². The molecular weight excluding hydrogens is 202 g/mol. The Morgan fingerprint density at radius 3 is 1.73 bits per heavy atom. The average molecular weight is 229 g/mol. The first-order valence-electron chi connectivity index (χ1n) is 5.96. The van der Waals surface area contributed by atoms with E-state index in [4.69, 9.17) is 0 Å². The van der Waals surface area contributed by atoms with Crippen LogP contribution in [0.3, 0.4) is 0 Å². The van der Waals surface area contributed by atoms with Gasteiger partial charge in [-0.3, -0.25) is 4.79 Å². The van der Waals surface area contributed by atoms with Gasteiger partial charge < -0.3 is 4.90 Å². The minimum absolute atomic E-state index is 0.319. The second-order valence-electron chi connectivity index (χ2n) is 6.05. The Morgan fingerprint density at radius 1 is 1.07 bits per heavy atom. The lowest BCUT2D eigenvalue weighted by molar-refractivity contribution is -0.134. The van der Waals surface area contributed by atoms with Crippen molar-refractivity contribution in [3.63, 3.8) is 0 Å². The van der Waals surface area contributed by atoms with Crippen LogP contribution in [0, 0.1) is 0 Å². The number of hydrogen-bond donors (Lipinski definition) is 0. The third-order valence-corrected chi connectivity index (χ3v) is 4.24. The maximum Gasteiger partial charge on any atom is 0.222 e. The highest BCUT2D eigenvalue weighted by Crippen LogP contribution is 2.15. The van der Waals surface area contributed by atoms with Crippen molar-refractivity contribution >= 4 is 14.0 Å². The standard InChI is InChI=1S/C12H27NOSi/c1-10(2)13(11(3)4)12(14)8-9-15(5,6)7/h10-11H,8-9H2,1-7H3. The summed E-state index contributed by atoms with van der Waals surface area (Å²) in [7, 11) is -1.08. The highest BCUT2D eigenvalue weighted by molar-refractivity contribution is 6.76. The van der Waals surface area contributed by atoms with Crippen molar-refractivity contribution < 1.29 is 4.79 Å². The van der Waals surface area contributed by atoms with Gasteiger partial charge in [0.05, 0.1) is 0 Å². The zero-order valence-electron chi connectivity index (χ0n) is 11.4. The smallest absolute Gasteiger partial charge is 0.222 e. The minimum Gasteiger partial charge on any atom is -0.338 e. The van der Waals surface area contributed by atoms with E-state index >= 15 is 0 Å². The highest BCUT2D eigenvalue weighted by Gasteiger charge is 2.22. The van der Waals surface area contributed by atoms with Crippen LogP contribution in [0.1, 0.15) is 34.1 Å². The molecule has 1 amide bonds. The second-order valence-corrected chi connectivity index (χ2v) is 11.7. The van der Waals surface area contributed by atoms with Gasteiger partial charge in [-0.25, -0.2) is 0 Å². The van der Waals surface area contributed by atoms with Crippen LogP contribution in [-0.2, 0) is 4.79 Å². The molecule has 0 aliphatic rings. The fourth-order valence-electron chi connectivity index (χ4n) is 1.78. The number of carbonyl (C=O) groups excluding carboxylic acids is 1. The predicted octanol–water partition coefficient (Wildman–Crippen LogP) is 3.36. The number of carbonyl (C=O) groups is 1. The van der Waals surface area contributed by atoms with Crippen LogP contribution < -0.4 is 0 Å². The number of amides is 1. The molecule has 0 saturated heterocycles. The molecule has 0 rings (SSSR count). The fraction of sp³-hybridized carbons (Fsp3) is 0.917. The Balaban J connectivity index is 4.29. The Labute approximate surface area is 96.1 Å². The van der Waals surface area contributed by atoms with E-state index in [2.05, 4.69) is 47.3 Å². The van der Waals surface area contributed by atoms with Gasteiger partial charge in [0.1, 0.15) is 0 Å². The summed E-state index contributed by atoms with van der Waals surface area (Å²) >= 11 is 0. The van der Waals surface area contributed by atoms with E-state index in [1.165, 1.54) is 0 Å². The molecule has 0 heterocycles. The van der Waals surface area contributed by atoms with Gasteiger partial charge in [-0.2, -0.15) is 0 Å². The van der Waals surface area contributed by atoms with E-state index in [0.717, 1.165) is 12.5 Å². The van der Waals surface area contributed by atoms with Crippen molar-refractivity contribution in [3.05, 3.63) is 0 Å². The van der Waals surface area contributed by atoms with Gasteiger partial charge in [-0.15, -0.1) is 0 Å². The molecule has 15 heavy (non-hydrogen) atoms. The summed E-state index contributed by atoms with van der Waals surface area (Å²) in [5, 5.41) is 0. The first kappa shape index (κ1) is 14.7. The topological polar surface area (TPSA) is 20.3 Å². The summed E-state index contributed by atoms with van der Waals surface area (Å²) < 4.78 is 0. The van der Waals surface area contributed by atoms with Crippen molar-refractivity contribution in [2.45, 2.75) is 71.9 Å². The minimum atomic E-state index is -1.08. The molecule has 0 radical (unpaired) electrons. The summed E-state index contributed by atoms with van der Waals surface area (Å²) in [4.78, 5) is 14.0. The molecule has 0 N–H and O–H groups in total. The lowest BCUT2D eigenvalue weighted by Gasteiger charge is -2.31. The van der Waals surface area contributed by atoms with Gasteiger partial charge >= 0.3 is 0 Å². The Kier molecular flexibility index (Phi) is 5.57. The molecule has 0 aromatic heterocycles. The lowest BCUT2D eigenvalue weighted by Crippen LogP contribution is -2.42. The van der Waals surface area contributed by atoms with Crippen LogP contribution in [0.2, 0.25) is 25.7 Å². The monoisotopic (exact) mass is 229 g/mol. The molecule has 0 aliphatic heterocycles. The van der Waals surface area contributed by atoms with E-state index in [9.17, 15) is 4.79 Å². The van der Waals surface area contributed by atoms with Gasteiger partial charge in [0, 0.05) is 26.6 Å². The summed E-state index contributed by atoms with van der Waals surface area (Å²) in [6.07, 6.45) is 0.728. The number of hydrogen-bond acceptors (Lipinski definition) is 1. The van der Waals surface area contributed by atoms with Gasteiger partial charge in [0.2, 0.25) is 5.91 Å². The van der Waals surface area contributed by atoms with Crippen LogP contribution in [0.5, 0.6) is 0 Å². The van der Waals surface area contributed by atoms with Crippen molar-refractivity contribution in [2.75, 3.05) is 0 Å². The van der Waals surface area contributed by atoms with E-state index in [1.54, 1.807) is 0 Å². The van der Waals surface area contributed by atoms with Crippen LogP contribution in [0.4, 0.5) is 0 Å². The molecule has 0 aromatic carbocycles. The first-order valence-corrected chi connectivity index (χ1v) is 9.67. The maximum absolute atomic E-state index is 12.0. The SMILES string of the molecule is CC(C)N(C(=O)CC[Si](C)(C)C)C(C)C. The van der Waals surface area contributed by atoms with E-state index in [1.807, 2.05) is 4.90 Å². The lowest BCUT2D eigenvalue weighted by atomic mass is 10.2. The number of rotatable bonds is 5. The van der Waals surface area contributed by atoms with Gasteiger partial charge in [0.15, 0.2) is 0 Å². The molecule has 0 unspecified atom stereocenters. The maximum atomic E-state index is 12.0. The molecule has 0 saturated carbocycles. The van der Waals surface area contributed by atoms with Crippen LogP contribution in [-0.4, -0.2) is 31.0 Å². The molecule has 2 nitrogen and oxygen atoms in total. The molecule has 0 atom stereocenters. The molecule has 0 aromatic rings. The van der Waals surface area contributed by atoms with Gasteiger partial charge in [-0.05, 0) is 33.7 Å². The van der Waals surface area contributed by atoms with E-state index in [-0.39, 0.29) is 0 Å². The quantitative estimate of drug-likeness (QED) is 0.662. The third kappa shape index (κ3) is 5.98.